The van der Waals surface area contributed by atoms with Crippen LogP contribution >= 0.6 is 11.6 Å². The maximum atomic E-state index is 13.1. The van der Waals surface area contributed by atoms with E-state index in [1.54, 1.807) is 24.3 Å². The molecule has 2 aromatic carbocycles. The van der Waals surface area contributed by atoms with Gasteiger partial charge in [-0.05, 0) is 60.3 Å². The van der Waals surface area contributed by atoms with E-state index < -0.39 is 16.9 Å². The number of anilines is 1. The minimum atomic E-state index is -2.23. The number of halogens is 2. The van der Waals surface area contributed by atoms with Crippen LogP contribution in [0.5, 0.6) is 5.75 Å². The predicted molar refractivity (Wildman–Crippen MR) is 104 cm³/mol. The normalized spacial score (nSPS) is 15.9. The average molecular weight is 426 g/mol. The highest BCUT2D eigenvalue weighted by atomic mass is 35.5. The van der Waals surface area contributed by atoms with E-state index in [0.717, 1.165) is 31.6 Å². The molecule has 1 amide bonds. The monoisotopic (exact) mass is 425 g/mol. The Morgan fingerprint density at radius 2 is 1.93 bits per heavy atom. The molecule has 0 spiro atoms. The number of ether oxygens (including phenoxy) is 1. The van der Waals surface area contributed by atoms with E-state index in [2.05, 4.69) is 10.2 Å². The Balaban J connectivity index is 1.43. The van der Waals surface area contributed by atoms with Gasteiger partial charge in [-0.2, -0.15) is 0 Å². The molecule has 1 N–H and O–H groups in total. The third-order valence-corrected chi connectivity index (χ3v) is 5.46. The van der Waals surface area contributed by atoms with Gasteiger partial charge in [-0.3, -0.25) is 9.00 Å². The summed E-state index contributed by atoms with van der Waals surface area (Å²) < 4.78 is 40.3. The molecule has 0 bridgehead atoms. The van der Waals surface area contributed by atoms with Crippen LogP contribution in [-0.2, 0) is 15.9 Å². The summed E-state index contributed by atoms with van der Waals surface area (Å²) in [5, 5.41) is 2.88. The summed E-state index contributed by atoms with van der Waals surface area (Å²) in [6, 6.07) is 10.7. The van der Waals surface area contributed by atoms with Crippen LogP contribution < -0.4 is 15.0 Å². The van der Waals surface area contributed by atoms with Gasteiger partial charge >= 0.3 is 0 Å². The number of nitrogens with zero attached hydrogens (tertiary/aromatic N) is 1. The summed E-state index contributed by atoms with van der Waals surface area (Å²) in [4.78, 5) is 14.5. The fourth-order valence-electron chi connectivity index (χ4n) is 3.03. The minimum absolute atomic E-state index is 0.0394. The summed E-state index contributed by atoms with van der Waals surface area (Å²) in [6.07, 6.45) is 1.53. The molecule has 1 heterocycles. The van der Waals surface area contributed by atoms with Crippen molar-refractivity contribution in [3.63, 3.8) is 0 Å². The van der Waals surface area contributed by atoms with Crippen LogP contribution in [0.3, 0.4) is 0 Å². The minimum Gasteiger partial charge on any atom is -0.768 e. The van der Waals surface area contributed by atoms with E-state index in [4.69, 9.17) is 16.3 Å². The van der Waals surface area contributed by atoms with Gasteiger partial charge in [0.15, 0.2) is 6.61 Å². The maximum Gasteiger partial charge on any atom is 0.258 e. The zero-order chi connectivity index (χ0) is 20.1. The lowest BCUT2D eigenvalue weighted by molar-refractivity contribution is -0.123. The second kappa shape index (κ2) is 9.36. The Bertz CT molecular complexity index is 858. The van der Waals surface area contributed by atoms with Gasteiger partial charge in [0, 0.05) is 35.8 Å². The molecule has 3 rings (SSSR count). The van der Waals surface area contributed by atoms with Crippen molar-refractivity contribution in [3.05, 3.63) is 53.3 Å². The van der Waals surface area contributed by atoms with Gasteiger partial charge in [0.1, 0.15) is 11.6 Å². The molecule has 0 saturated carbocycles. The summed E-state index contributed by atoms with van der Waals surface area (Å²) >= 11 is 3.46. The first-order valence-corrected chi connectivity index (χ1v) is 10.2. The molecule has 6 nitrogen and oxygen atoms in total. The summed E-state index contributed by atoms with van der Waals surface area (Å²) in [5.74, 6) is -0.457. The topological polar surface area (TPSA) is 81.7 Å². The van der Waals surface area contributed by atoms with Crippen molar-refractivity contribution in [2.45, 2.75) is 23.8 Å². The van der Waals surface area contributed by atoms with Crippen LogP contribution in [0.1, 0.15) is 12.8 Å². The highest BCUT2D eigenvalue weighted by molar-refractivity contribution is 7.79. The van der Waals surface area contributed by atoms with Crippen molar-refractivity contribution < 1.29 is 22.7 Å². The number of rotatable bonds is 6. The molecule has 1 unspecified atom stereocenters. The lowest BCUT2D eigenvalue weighted by Crippen LogP contribution is -2.46. The molecule has 0 radical (unpaired) electrons. The van der Waals surface area contributed by atoms with Gasteiger partial charge in [0.2, 0.25) is 0 Å². The lowest BCUT2D eigenvalue weighted by atomic mass is 10.0. The molecule has 1 saturated heterocycles. The molecule has 9 heteroatoms. The van der Waals surface area contributed by atoms with Gasteiger partial charge in [0.05, 0.1) is 5.02 Å². The molecule has 1 aliphatic rings. The Labute approximate surface area is 169 Å². The van der Waals surface area contributed by atoms with Crippen LogP contribution in [0.15, 0.2) is 47.4 Å². The third-order valence-electron chi connectivity index (χ3n) is 4.52. The van der Waals surface area contributed by atoms with Crippen LogP contribution in [0.4, 0.5) is 10.1 Å². The van der Waals surface area contributed by atoms with E-state index in [0.29, 0.717) is 5.75 Å². The number of hydrogen-bond donors (Lipinski definition) is 1. The zero-order valence-electron chi connectivity index (χ0n) is 14.9. The number of benzene rings is 2. The number of piperidine rings is 1. The number of hydrogen-bond acceptors (Lipinski definition) is 5. The highest BCUT2D eigenvalue weighted by Gasteiger charge is 2.21. The van der Waals surface area contributed by atoms with Crippen molar-refractivity contribution in [1.82, 2.24) is 5.32 Å². The van der Waals surface area contributed by atoms with Gasteiger partial charge in [-0.15, -0.1) is 0 Å². The Morgan fingerprint density at radius 3 is 2.54 bits per heavy atom. The van der Waals surface area contributed by atoms with E-state index in [1.165, 1.54) is 18.2 Å². The standard InChI is InChI=1S/C19H20ClFN2O4S/c20-17-11-15(3-6-18(17)21)27-12-19(24)22-13-7-9-23(10-8-13)14-1-4-16(5-2-14)28(25)26/h1-6,11,13H,7-10,12H2,(H,22,24)(H,25,26)/p-1. The first kappa shape index (κ1) is 20.6. The molecule has 1 atom stereocenters. The van der Waals surface area contributed by atoms with Gasteiger partial charge in [-0.25, -0.2) is 4.39 Å². The molecule has 28 heavy (non-hydrogen) atoms. The largest absolute Gasteiger partial charge is 0.768 e. The van der Waals surface area contributed by atoms with Gasteiger partial charge in [0.25, 0.3) is 5.91 Å². The number of carbonyl (C=O) groups excluding carboxylic acids is 1. The molecule has 0 aromatic heterocycles. The number of nitrogens with one attached hydrogen (secondary N) is 1. The second-order valence-corrected chi connectivity index (χ2v) is 7.77. The highest BCUT2D eigenvalue weighted by Crippen LogP contribution is 2.22. The SMILES string of the molecule is O=C(COc1ccc(F)c(Cl)c1)NC1CCN(c2ccc(S(=O)[O-])cc2)CC1. The van der Waals surface area contributed by atoms with E-state index in [9.17, 15) is 17.9 Å². The smallest absolute Gasteiger partial charge is 0.258 e. The van der Waals surface area contributed by atoms with Crippen molar-refractivity contribution >= 4 is 34.3 Å². The van der Waals surface area contributed by atoms with Gasteiger partial charge in [-0.1, -0.05) is 11.6 Å². The Morgan fingerprint density at radius 1 is 1.25 bits per heavy atom. The molecule has 2 aromatic rings. The molecule has 150 valence electrons. The van der Waals surface area contributed by atoms with Crippen molar-refractivity contribution in [2.75, 3.05) is 24.6 Å². The number of amides is 1. The second-order valence-electron chi connectivity index (χ2n) is 6.42. The fraction of sp³-hybridized carbons (Fsp3) is 0.316. The molecular formula is C19H19ClFN2O4S-. The molecule has 1 aliphatic heterocycles. The van der Waals surface area contributed by atoms with Crippen LogP contribution in [0.2, 0.25) is 5.02 Å². The lowest BCUT2D eigenvalue weighted by Gasteiger charge is -2.34. The summed E-state index contributed by atoms with van der Waals surface area (Å²) in [7, 11) is 0. The Hall–Kier alpha value is -2.16. The van der Waals surface area contributed by atoms with E-state index >= 15 is 0 Å². The van der Waals surface area contributed by atoms with Crippen molar-refractivity contribution in [3.8, 4) is 5.75 Å². The summed E-state index contributed by atoms with van der Waals surface area (Å²) in [6.45, 7) is 1.33. The van der Waals surface area contributed by atoms with Gasteiger partial charge < -0.3 is 19.5 Å². The Kier molecular flexibility index (Phi) is 6.88. The zero-order valence-corrected chi connectivity index (χ0v) is 16.5. The predicted octanol–water partition coefficient (Wildman–Crippen LogP) is 2.88. The molecule has 1 fully saturated rings. The van der Waals surface area contributed by atoms with Crippen molar-refractivity contribution in [1.29, 1.82) is 0 Å². The van der Waals surface area contributed by atoms with Crippen LogP contribution in [0.25, 0.3) is 0 Å². The average Bonchev–Trinajstić information content (AvgIpc) is 2.69. The van der Waals surface area contributed by atoms with Crippen LogP contribution in [0, 0.1) is 5.82 Å². The number of carbonyl (C=O) groups is 1. The van der Waals surface area contributed by atoms with E-state index in [1.807, 2.05) is 0 Å². The molecule has 0 aliphatic carbocycles. The quantitative estimate of drug-likeness (QED) is 0.720. The third kappa shape index (κ3) is 5.43. The fourth-order valence-corrected chi connectivity index (χ4v) is 3.56. The van der Waals surface area contributed by atoms with E-state index in [-0.39, 0.29) is 28.5 Å². The first-order chi connectivity index (χ1) is 13.4. The summed E-state index contributed by atoms with van der Waals surface area (Å²) in [5.41, 5.74) is 0.954. The maximum absolute atomic E-state index is 13.1. The van der Waals surface area contributed by atoms with Crippen LogP contribution in [-0.4, -0.2) is 40.4 Å². The molecular weight excluding hydrogens is 407 g/mol. The first-order valence-electron chi connectivity index (χ1n) is 8.74. The van der Waals surface area contributed by atoms with Crippen molar-refractivity contribution in [2.24, 2.45) is 0 Å².